The smallest absolute Gasteiger partial charge is 0.128 e. The van der Waals surface area contributed by atoms with E-state index in [1.165, 1.54) is 6.07 Å². The van der Waals surface area contributed by atoms with Crippen molar-refractivity contribution < 1.29 is 14.0 Å². The lowest BCUT2D eigenvalue weighted by Gasteiger charge is -2.26. The van der Waals surface area contributed by atoms with Gasteiger partial charge in [0.15, 0.2) is 0 Å². The van der Waals surface area contributed by atoms with Gasteiger partial charge in [-0.3, -0.25) is 0 Å². The van der Waals surface area contributed by atoms with Crippen molar-refractivity contribution in [2.24, 2.45) is 5.92 Å². The average molecular weight is 223 g/mol. The first-order chi connectivity index (χ1) is 7.72. The molecule has 3 rings (SSSR count). The third-order valence-electron chi connectivity index (χ3n) is 3.49. The minimum atomic E-state index is -0.490. The lowest BCUT2D eigenvalue weighted by atomic mass is 9.82. The van der Waals surface area contributed by atoms with Crippen molar-refractivity contribution in [2.75, 3.05) is 19.8 Å². The van der Waals surface area contributed by atoms with E-state index in [0.717, 1.165) is 5.56 Å². The average Bonchev–Trinajstić information content (AvgIpc) is 2.80. The quantitative estimate of drug-likeness (QED) is 0.782. The molecule has 0 saturated carbocycles. The molecule has 0 radical (unpaired) electrons. The molecule has 1 N–H and O–H groups in total. The van der Waals surface area contributed by atoms with E-state index < -0.39 is 5.54 Å². The van der Waals surface area contributed by atoms with Crippen molar-refractivity contribution in [3.63, 3.8) is 0 Å². The molecule has 1 aromatic carbocycles. The number of hydrogen-bond acceptors (Lipinski definition) is 3. The first-order valence-corrected chi connectivity index (χ1v) is 5.46. The molecular formula is C12H14FNO2. The maximum atomic E-state index is 13.9. The molecule has 2 aliphatic heterocycles. The van der Waals surface area contributed by atoms with Gasteiger partial charge in [0.1, 0.15) is 11.4 Å². The van der Waals surface area contributed by atoms with Crippen LogP contribution in [0.3, 0.4) is 0 Å². The van der Waals surface area contributed by atoms with E-state index in [4.69, 9.17) is 9.57 Å². The van der Waals surface area contributed by atoms with E-state index in [2.05, 4.69) is 5.48 Å². The van der Waals surface area contributed by atoms with E-state index in [0.29, 0.717) is 25.4 Å². The minimum absolute atomic E-state index is 0.195. The molecule has 0 spiro atoms. The number of hydrogen-bond donors (Lipinski definition) is 1. The van der Waals surface area contributed by atoms with E-state index in [1.54, 1.807) is 6.07 Å². The third kappa shape index (κ3) is 1.30. The van der Waals surface area contributed by atoms with Gasteiger partial charge in [-0.1, -0.05) is 17.7 Å². The first-order valence-electron chi connectivity index (χ1n) is 5.46. The SMILES string of the molecule is Cc1ccc(F)c(C23COC[C@@H]2CON3)c1. The van der Waals surface area contributed by atoms with Crippen molar-refractivity contribution in [3.8, 4) is 0 Å². The molecule has 2 fully saturated rings. The van der Waals surface area contributed by atoms with Gasteiger partial charge >= 0.3 is 0 Å². The molecule has 1 unspecified atom stereocenters. The fourth-order valence-electron chi connectivity index (χ4n) is 2.53. The molecule has 2 heterocycles. The Morgan fingerprint density at radius 1 is 1.44 bits per heavy atom. The molecule has 2 saturated heterocycles. The van der Waals surface area contributed by atoms with E-state index in [-0.39, 0.29) is 11.7 Å². The highest BCUT2D eigenvalue weighted by atomic mass is 19.1. The summed E-state index contributed by atoms with van der Waals surface area (Å²) >= 11 is 0. The van der Waals surface area contributed by atoms with Gasteiger partial charge in [0.25, 0.3) is 0 Å². The van der Waals surface area contributed by atoms with Crippen LogP contribution < -0.4 is 5.48 Å². The molecule has 2 atom stereocenters. The predicted octanol–water partition coefficient (Wildman–Crippen LogP) is 1.51. The summed E-state index contributed by atoms with van der Waals surface area (Å²) in [4.78, 5) is 5.27. The molecule has 3 nitrogen and oxygen atoms in total. The molecule has 0 aliphatic carbocycles. The number of fused-ring (bicyclic) bond motifs is 1. The summed E-state index contributed by atoms with van der Waals surface area (Å²) in [5.41, 5.74) is 4.17. The van der Waals surface area contributed by atoms with Crippen molar-refractivity contribution in [3.05, 3.63) is 35.1 Å². The van der Waals surface area contributed by atoms with Crippen LogP contribution in [-0.4, -0.2) is 19.8 Å². The lowest BCUT2D eigenvalue weighted by molar-refractivity contribution is 0.0242. The molecule has 86 valence electrons. The van der Waals surface area contributed by atoms with Crippen molar-refractivity contribution in [2.45, 2.75) is 12.5 Å². The summed E-state index contributed by atoms with van der Waals surface area (Å²) in [6.45, 7) is 3.63. The van der Waals surface area contributed by atoms with Crippen LogP contribution in [0.1, 0.15) is 11.1 Å². The Bertz CT molecular complexity index is 411. The first kappa shape index (κ1) is 10.2. The van der Waals surface area contributed by atoms with Crippen LogP contribution in [0.5, 0.6) is 0 Å². The number of ether oxygens (including phenoxy) is 1. The number of hydroxylamine groups is 1. The standard InChI is InChI=1S/C12H14FNO2/c1-8-2-3-11(13)10(4-8)12-7-15-5-9(12)6-16-14-12/h2-4,9,14H,5-7H2,1H3/t9-,12?/m1/s1. The van der Waals surface area contributed by atoms with Crippen LogP contribution in [0, 0.1) is 18.7 Å². The summed E-state index contributed by atoms with van der Waals surface area (Å²) < 4.78 is 19.4. The Labute approximate surface area is 93.5 Å². The lowest BCUT2D eigenvalue weighted by Crippen LogP contribution is -2.42. The van der Waals surface area contributed by atoms with Gasteiger partial charge in [0.2, 0.25) is 0 Å². The fraction of sp³-hybridized carbons (Fsp3) is 0.500. The minimum Gasteiger partial charge on any atom is -0.379 e. The number of rotatable bonds is 1. The Morgan fingerprint density at radius 3 is 3.19 bits per heavy atom. The number of benzene rings is 1. The molecular weight excluding hydrogens is 209 g/mol. The summed E-state index contributed by atoms with van der Waals surface area (Å²) in [7, 11) is 0. The van der Waals surface area contributed by atoms with Crippen LogP contribution >= 0.6 is 0 Å². The summed E-state index contributed by atoms with van der Waals surface area (Å²) in [5, 5.41) is 0. The number of aryl methyl sites for hydroxylation is 1. The summed E-state index contributed by atoms with van der Waals surface area (Å²) in [6.07, 6.45) is 0. The topological polar surface area (TPSA) is 30.5 Å². The molecule has 4 heteroatoms. The maximum absolute atomic E-state index is 13.9. The van der Waals surface area contributed by atoms with Crippen LogP contribution in [-0.2, 0) is 15.1 Å². The van der Waals surface area contributed by atoms with Crippen molar-refractivity contribution >= 4 is 0 Å². The van der Waals surface area contributed by atoms with Crippen molar-refractivity contribution in [1.29, 1.82) is 0 Å². The maximum Gasteiger partial charge on any atom is 0.128 e. The van der Waals surface area contributed by atoms with Gasteiger partial charge < -0.3 is 9.57 Å². The summed E-state index contributed by atoms with van der Waals surface area (Å²) in [6, 6.07) is 5.16. The zero-order chi connectivity index (χ0) is 11.2. The van der Waals surface area contributed by atoms with E-state index >= 15 is 0 Å². The molecule has 0 bridgehead atoms. The number of halogens is 1. The Kier molecular flexibility index (Phi) is 2.24. The highest BCUT2D eigenvalue weighted by molar-refractivity contribution is 5.33. The second-order valence-electron chi connectivity index (χ2n) is 4.58. The van der Waals surface area contributed by atoms with Crippen LogP contribution in [0.25, 0.3) is 0 Å². The van der Waals surface area contributed by atoms with Crippen molar-refractivity contribution in [1.82, 2.24) is 5.48 Å². The second-order valence-corrected chi connectivity index (χ2v) is 4.58. The zero-order valence-corrected chi connectivity index (χ0v) is 9.13. The van der Waals surface area contributed by atoms with Gasteiger partial charge in [-0.2, -0.15) is 5.48 Å². The van der Waals surface area contributed by atoms with E-state index in [1.807, 2.05) is 13.0 Å². The Hall–Kier alpha value is -0.970. The van der Waals surface area contributed by atoms with Crippen LogP contribution in [0.15, 0.2) is 18.2 Å². The van der Waals surface area contributed by atoms with Gasteiger partial charge in [-0.05, 0) is 13.0 Å². The Balaban J connectivity index is 2.11. The fourth-order valence-corrected chi connectivity index (χ4v) is 2.53. The van der Waals surface area contributed by atoms with Crippen LogP contribution in [0.4, 0.5) is 4.39 Å². The molecule has 0 amide bonds. The van der Waals surface area contributed by atoms with Gasteiger partial charge in [0.05, 0.1) is 19.8 Å². The normalized spacial score (nSPS) is 33.0. The second kappa shape index (κ2) is 3.52. The molecule has 1 aromatic rings. The summed E-state index contributed by atoms with van der Waals surface area (Å²) in [5.74, 6) is 0.00269. The van der Waals surface area contributed by atoms with E-state index in [9.17, 15) is 4.39 Å². The zero-order valence-electron chi connectivity index (χ0n) is 9.13. The number of nitrogens with one attached hydrogen (secondary N) is 1. The predicted molar refractivity (Wildman–Crippen MR) is 56.2 cm³/mol. The van der Waals surface area contributed by atoms with Gasteiger partial charge in [-0.25, -0.2) is 4.39 Å². The molecule has 2 aliphatic rings. The van der Waals surface area contributed by atoms with Crippen LogP contribution in [0.2, 0.25) is 0 Å². The highest BCUT2D eigenvalue weighted by Gasteiger charge is 2.51. The highest BCUT2D eigenvalue weighted by Crippen LogP contribution is 2.40. The molecule has 16 heavy (non-hydrogen) atoms. The monoisotopic (exact) mass is 223 g/mol. The van der Waals surface area contributed by atoms with Gasteiger partial charge in [0, 0.05) is 11.5 Å². The molecule has 0 aromatic heterocycles. The van der Waals surface area contributed by atoms with Gasteiger partial charge in [-0.15, -0.1) is 0 Å². The Morgan fingerprint density at radius 2 is 2.31 bits per heavy atom. The third-order valence-corrected chi connectivity index (χ3v) is 3.49. The largest absolute Gasteiger partial charge is 0.379 e.